The molecular formula is C20H36N6O4. The summed E-state index contributed by atoms with van der Waals surface area (Å²) in [5.74, 6) is -0.0590. The highest BCUT2D eigenvalue weighted by Crippen LogP contribution is 2.18. The summed E-state index contributed by atoms with van der Waals surface area (Å²) in [6, 6.07) is -0.420. The van der Waals surface area contributed by atoms with Crippen molar-refractivity contribution in [2.75, 3.05) is 26.7 Å². The smallest absolute Gasteiger partial charge is 0.317 e. The van der Waals surface area contributed by atoms with Crippen molar-refractivity contribution in [2.45, 2.75) is 71.9 Å². The van der Waals surface area contributed by atoms with Crippen LogP contribution in [0.4, 0.5) is 4.79 Å². The summed E-state index contributed by atoms with van der Waals surface area (Å²) in [4.78, 5) is 28.5. The van der Waals surface area contributed by atoms with E-state index in [1.807, 2.05) is 27.7 Å². The Balaban J connectivity index is 2.22. The van der Waals surface area contributed by atoms with Crippen molar-refractivity contribution in [3.8, 4) is 0 Å². The Bertz CT molecular complexity index is 695. The molecule has 1 aliphatic rings. The number of aliphatic hydroxyl groups excluding tert-OH is 1. The van der Waals surface area contributed by atoms with Gasteiger partial charge in [0.2, 0.25) is 5.91 Å². The molecule has 0 spiro atoms. The lowest BCUT2D eigenvalue weighted by Gasteiger charge is -2.35. The molecule has 1 aliphatic heterocycles. The van der Waals surface area contributed by atoms with Crippen molar-refractivity contribution in [3.05, 3.63) is 11.9 Å². The molecule has 1 aromatic heterocycles. The second kappa shape index (κ2) is 11.3. The van der Waals surface area contributed by atoms with E-state index in [1.54, 1.807) is 27.7 Å². The molecule has 10 heteroatoms. The average Bonchev–Trinajstić information content (AvgIpc) is 3.14. The molecule has 2 heterocycles. The highest BCUT2D eigenvalue weighted by atomic mass is 16.5. The fourth-order valence-corrected chi connectivity index (χ4v) is 3.46. The molecule has 0 saturated heterocycles. The topological polar surface area (TPSA) is 113 Å². The van der Waals surface area contributed by atoms with Gasteiger partial charge in [0.05, 0.1) is 37.3 Å². The molecule has 30 heavy (non-hydrogen) atoms. The Kier molecular flexibility index (Phi) is 9.04. The van der Waals surface area contributed by atoms with Gasteiger partial charge in [-0.3, -0.25) is 4.79 Å². The number of likely N-dealkylation sites (N-methyl/N-ethyl adjacent to an activating group) is 1. The van der Waals surface area contributed by atoms with E-state index in [9.17, 15) is 14.7 Å². The third kappa shape index (κ3) is 6.66. The minimum atomic E-state index is -0.308. The normalized spacial score (nSPS) is 22.1. The van der Waals surface area contributed by atoms with E-state index in [2.05, 4.69) is 15.6 Å². The van der Waals surface area contributed by atoms with E-state index >= 15 is 0 Å². The lowest BCUT2D eigenvalue weighted by atomic mass is 10.0. The van der Waals surface area contributed by atoms with E-state index in [0.717, 1.165) is 5.69 Å². The van der Waals surface area contributed by atoms with Crippen LogP contribution in [0.5, 0.6) is 0 Å². The Hall–Kier alpha value is -2.20. The SMILES string of the molecule is CC(C)NC(=O)N(C)C[C@H]1OCc2cnnn2CCCC(=O)N([C@@H](C)CO)C[C@H]1C. The number of carbonyl (C=O) groups excluding carboxylic acids is 2. The summed E-state index contributed by atoms with van der Waals surface area (Å²) < 4.78 is 7.97. The van der Waals surface area contributed by atoms with Gasteiger partial charge in [-0.1, -0.05) is 12.1 Å². The van der Waals surface area contributed by atoms with Crippen LogP contribution in [0.3, 0.4) is 0 Å². The van der Waals surface area contributed by atoms with Crippen molar-refractivity contribution in [2.24, 2.45) is 5.92 Å². The summed E-state index contributed by atoms with van der Waals surface area (Å²) in [6.45, 7) is 9.28. The van der Waals surface area contributed by atoms with Crippen molar-refractivity contribution in [3.63, 3.8) is 0 Å². The number of amides is 3. The van der Waals surface area contributed by atoms with Gasteiger partial charge >= 0.3 is 6.03 Å². The molecule has 3 amide bonds. The lowest BCUT2D eigenvalue weighted by molar-refractivity contribution is -0.136. The molecule has 0 aromatic carbocycles. The molecule has 2 N–H and O–H groups in total. The summed E-state index contributed by atoms with van der Waals surface area (Å²) >= 11 is 0. The van der Waals surface area contributed by atoms with Gasteiger partial charge in [-0.05, 0) is 27.2 Å². The van der Waals surface area contributed by atoms with Gasteiger partial charge in [-0.2, -0.15) is 0 Å². The van der Waals surface area contributed by atoms with Crippen LogP contribution >= 0.6 is 0 Å². The minimum absolute atomic E-state index is 0.00436. The third-order valence-electron chi connectivity index (χ3n) is 5.35. The van der Waals surface area contributed by atoms with Crippen LogP contribution in [0.25, 0.3) is 0 Å². The largest absolute Gasteiger partial charge is 0.394 e. The van der Waals surface area contributed by atoms with E-state index in [4.69, 9.17) is 4.74 Å². The number of aromatic nitrogens is 3. The fraction of sp³-hybridized carbons (Fsp3) is 0.800. The van der Waals surface area contributed by atoms with Gasteiger partial charge in [0.25, 0.3) is 0 Å². The molecule has 2 rings (SSSR count). The maximum Gasteiger partial charge on any atom is 0.317 e. The lowest BCUT2D eigenvalue weighted by Crippen LogP contribution is -2.49. The van der Waals surface area contributed by atoms with Crippen LogP contribution in [0.2, 0.25) is 0 Å². The molecule has 170 valence electrons. The van der Waals surface area contributed by atoms with E-state index in [1.165, 1.54) is 0 Å². The number of fused-ring (bicyclic) bond motifs is 1. The van der Waals surface area contributed by atoms with Gasteiger partial charge in [0.15, 0.2) is 0 Å². The highest BCUT2D eigenvalue weighted by Gasteiger charge is 2.29. The number of nitrogens with zero attached hydrogens (tertiary/aromatic N) is 5. The van der Waals surface area contributed by atoms with Crippen LogP contribution in [-0.4, -0.2) is 86.8 Å². The first-order valence-corrected chi connectivity index (χ1v) is 10.6. The Labute approximate surface area is 178 Å². The number of nitrogens with one attached hydrogen (secondary N) is 1. The fourth-order valence-electron chi connectivity index (χ4n) is 3.46. The molecule has 0 fully saturated rings. The zero-order valence-electron chi connectivity index (χ0n) is 18.7. The van der Waals surface area contributed by atoms with Gasteiger partial charge in [-0.25, -0.2) is 9.48 Å². The van der Waals surface area contributed by atoms with Gasteiger partial charge in [-0.15, -0.1) is 5.10 Å². The monoisotopic (exact) mass is 424 g/mol. The van der Waals surface area contributed by atoms with Crippen molar-refractivity contribution in [1.29, 1.82) is 0 Å². The zero-order valence-corrected chi connectivity index (χ0v) is 18.7. The standard InChI is InChI=1S/C20H36N6O4/c1-14(2)22-20(29)24(5)11-18-15(3)10-25(16(4)12-27)19(28)7-6-8-26-17(13-30-18)9-21-23-26/h9,14-16,18,27H,6-8,10-13H2,1-5H3,(H,22,29)/t15-,16+,18-/m1/s1. The number of carbonyl (C=O) groups is 2. The van der Waals surface area contributed by atoms with Crippen molar-refractivity contribution >= 4 is 11.9 Å². The predicted octanol–water partition coefficient (Wildman–Crippen LogP) is 0.852. The zero-order chi connectivity index (χ0) is 22.3. The predicted molar refractivity (Wildman–Crippen MR) is 112 cm³/mol. The number of aliphatic hydroxyl groups is 1. The quantitative estimate of drug-likeness (QED) is 0.725. The van der Waals surface area contributed by atoms with Gasteiger partial charge < -0.3 is 25.0 Å². The first-order chi connectivity index (χ1) is 14.2. The number of ether oxygens (including phenoxy) is 1. The minimum Gasteiger partial charge on any atom is -0.394 e. The van der Waals surface area contributed by atoms with E-state index in [0.29, 0.717) is 39.1 Å². The molecule has 0 aliphatic carbocycles. The Morgan fingerprint density at radius 3 is 2.83 bits per heavy atom. The maximum atomic E-state index is 12.8. The molecule has 0 unspecified atom stereocenters. The maximum absolute atomic E-state index is 12.8. The number of hydrogen-bond acceptors (Lipinski definition) is 6. The number of hydrogen-bond donors (Lipinski definition) is 2. The Morgan fingerprint density at radius 1 is 1.43 bits per heavy atom. The number of aryl methyl sites for hydroxylation is 1. The third-order valence-corrected chi connectivity index (χ3v) is 5.35. The molecule has 3 atom stereocenters. The second-order valence-electron chi connectivity index (χ2n) is 8.44. The summed E-state index contributed by atoms with van der Waals surface area (Å²) in [5, 5.41) is 20.6. The van der Waals surface area contributed by atoms with E-state index < -0.39 is 0 Å². The van der Waals surface area contributed by atoms with Crippen molar-refractivity contribution in [1.82, 2.24) is 30.1 Å². The number of urea groups is 1. The van der Waals surface area contributed by atoms with Gasteiger partial charge in [0, 0.05) is 45.1 Å². The van der Waals surface area contributed by atoms with Crippen molar-refractivity contribution < 1.29 is 19.4 Å². The molecule has 0 saturated carbocycles. The average molecular weight is 425 g/mol. The second-order valence-corrected chi connectivity index (χ2v) is 8.44. The number of rotatable bonds is 5. The summed E-state index contributed by atoms with van der Waals surface area (Å²) in [6.07, 6.45) is 2.38. The van der Waals surface area contributed by atoms with Crippen LogP contribution in [0.1, 0.15) is 46.2 Å². The van der Waals surface area contributed by atoms with Crippen LogP contribution in [0, 0.1) is 5.92 Å². The molecule has 0 radical (unpaired) electrons. The molecular weight excluding hydrogens is 388 g/mol. The summed E-state index contributed by atoms with van der Waals surface area (Å²) in [7, 11) is 1.73. The van der Waals surface area contributed by atoms with Crippen LogP contribution in [-0.2, 0) is 22.7 Å². The molecule has 0 bridgehead atoms. The van der Waals surface area contributed by atoms with Crippen LogP contribution in [0.15, 0.2) is 6.20 Å². The molecule has 10 nitrogen and oxygen atoms in total. The van der Waals surface area contributed by atoms with Crippen LogP contribution < -0.4 is 5.32 Å². The first-order valence-electron chi connectivity index (χ1n) is 10.6. The Morgan fingerprint density at radius 2 is 2.17 bits per heavy atom. The first kappa shape index (κ1) is 24.1. The van der Waals surface area contributed by atoms with Gasteiger partial charge in [0.1, 0.15) is 0 Å². The highest BCUT2D eigenvalue weighted by molar-refractivity contribution is 5.76. The van der Waals surface area contributed by atoms with E-state index in [-0.39, 0.29) is 42.7 Å². The summed E-state index contributed by atoms with van der Waals surface area (Å²) in [5.41, 5.74) is 0.843. The molecule has 1 aromatic rings.